The molecule has 0 fully saturated rings. The molecule has 0 saturated carbocycles. The highest BCUT2D eigenvalue weighted by atomic mass is 16.4. The number of nitrogens with one attached hydrogen (secondary N) is 1. The van der Waals surface area contributed by atoms with Gasteiger partial charge in [0.15, 0.2) is 11.4 Å². The highest BCUT2D eigenvalue weighted by Gasteiger charge is 2.18. The number of aromatic nitrogens is 4. The smallest absolute Gasteiger partial charge is 0.407 e. The molecule has 11 nitrogen and oxygen atoms in total. The molecular formula is C14H15N7O4. The van der Waals surface area contributed by atoms with Gasteiger partial charge in [0, 0.05) is 25.8 Å². The summed E-state index contributed by atoms with van der Waals surface area (Å²) in [5.74, 6) is -1.22. The Bertz CT molecular complexity index is 1010. The number of hydrogen-bond acceptors (Lipinski definition) is 7. The third kappa shape index (κ3) is 3.20. The summed E-state index contributed by atoms with van der Waals surface area (Å²) < 4.78 is 5.90. The van der Waals surface area contributed by atoms with Crippen LogP contribution in [0.4, 0.5) is 16.3 Å². The molecule has 0 bridgehead atoms. The lowest BCUT2D eigenvalue weighted by Gasteiger charge is -2.09. The first-order valence-electron chi connectivity index (χ1n) is 7.18. The molecule has 2 aromatic heterocycles. The van der Waals surface area contributed by atoms with Crippen LogP contribution in [0.15, 0.2) is 33.6 Å². The van der Waals surface area contributed by atoms with Crippen LogP contribution >= 0.6 is 0 Å². The maximum Gasteiger partial charge on any atom is 0.426 e. The summed E-state index contributed by atoms with van der Waals surface area (Å²) in [5, 5.41) is 10.4. The zero-order chi connectivity index (χ0) is 18.1. The van der Waals surface area contributed by atoms with Gasteiger partial charge in [0.1, 0.15) is 6.54 Å². The highest BCUT2D eigenvalue weighted by molar-refractivity contribution is 5.90. The summed E-state index contributed by atoms with van der Waals surface area (Å²) in [7, 11) is 3.15. The Morgan fingerprint density at radius 1 is 1.36 bits per heavy atom. The fourth-order valence-electron chi connectivity index (χ4n) is 2.12. The lowest BCUT2D eigenvalue weighted by molar-refractivity contribution is 0.0877. The number of nitrogens with zero attached hydrogens (tertiary/aromatic N) is 5. The Morgan fingerprint density at radius 2 is 2.12 bits per heavy atom. The van der Waals surface area contributed by atoms with Gasteiger partial charge in [-0.3, -0.25) is 10.1 Å². The van der Waals surface area contributed by atoms with Gasteiger partial charge in [-0.1, -0.05) is 0 Å². The first kappa shape index (κ1) is 16.2. The number of rotatable bonds is 3. The molecule has 3 N–H and O–H groups in total. The van der Waals surface area contributed by atoms with Crippen LogP contribution in [0.25, 0.3) is 11.1 Å². The number of nitrogen functional groups attached to an aromatic ring is 1. The minimum absolute atomic E-state index is 0.184. The van der Waals surface area contributed by atoms with Gasteiger partial charge in [-0.05, 0) is 12.1 Å². The second kappa shape index (κ2) is 6.11. The van der Waals surface area contributed by atoms with Crippen molar-refractivity contribution in [1.82, 2.24) is 24.5 Å². The van der Waals surface area contributed by atoms with Crippen molar-refractivity contribution >= 4 is 34.5 Å². The monoisotopic (exact) mass is 345 g/mol. The molecule has 0 aliphatic heterocycles. The predicted octanol–water partition coefficient (Wildman–Crippen LogP) is 0.202. The number of hydrogen-bond donors (Lipinski definition) is 2. The first-order valence-corrected chi connectivity index (χ1v) is 7.18. The summed E-state index contributed by atoms with van der Waals surface area (Å²) in [4.78, 5) is 38.3. The van der Waals surface area contributed by atoms with Crippen LogP contribution in [0.2, 0.25) is 0 Å². The number of carbonyl (C=O) groups is 2. The fourth-order valence-corrected chi connectivity index (χ4v) is 2.12. The van der Waals surface area contributed by atoms with E-state index in [0.717, 1.165) is 9.36 Å². The van der Waals surface area contributed by atoms with Gasteiger partial charge < -0.3 is 15.1 Å². The second-order valence-electron chi connectivity index (χ2n) is 5.41. The number of benzene rings is 1. The molecule has 0 aliphatic carbocycles. The summed E-state index contributed by atoms with van der Waals surface area (Å²) in [5.41, 5.74) is 6.56. The highest BCUT2D eigenvalue weighted by Crippen LogP contribution is 2.16. The van der Waals surface area contributed by atoms with Crippen molar-refractivity contribution in [3.05, 3.63) is 34.9 Å². The van der Waals surface area contributed by atoms with Crippen LogP contribution in [0.5, 0.6) is 0 Å². The third-order valence-corrected chi connectivity index (χ3v) is 3.31. The number of fused-ring (bicyclic) bond motifs is 1. The van der Waals surface area contributed by atoms with E-state index in [1.54, 1.807) is 20.2 Å². The molecule has 11 heteroatoms. The Morgan fingerprint density at radius 3 is 2.84 bits per heavy atom. The van der Waals surface area contributed by atoms with Crippen LogP contribution in [0, 0.1) is 0 Å². The number of anilines is 2. The molecule has 3 aromatic rings. The van der Waals surface area contributed by atoms with Gasteiger partial charge in [-0.2, -0.15) is 9.90 Å². The summed E-state index contributed by atoms with van der Waals surface area (Å²) in [6, 6.07) is 4.16. The largest absolute Gasteiger partial charge is 0.426 e. The van der Waals surface area contributed by atoms with Crippen molar-refractivity contribution in [3.63, 3.8) is 0 Å². The zero-order valence-electron chi connectivity index (χ0n) is 13.5. The molecule has 1 aromatic carbocycles. The van der Waals surface area contributed by atoms with E-state index in [-0.39, 0.29) is 24.0 Å². The minimum atomic E-state index is -0.820. The number of amides is 2. The Balaban J connectivity index is 1.82. The Labute approximate surface area is 140 Å². The third-order valence-electron chi connectivity index (χ3n) is 3.31. The van der Waals surface area contributed by atoms with Crippen molar-refractivity contribution in [2.45, 2.75) is 6.54 Å². The van der Waals surface area contributed by atoms with E-state index in [9.17, 15) is 14.4 Å². The number of oxazole rings is 1. The molecule has 2 amide bonds. The van der Waals surface area contributed by atoms with Crippen molar-refractivity contribution in [1.29, 1.82) is 0 Å². The average Bonchev–Trinajstić information content (AvgIpc) is 3.09. The maximum atomic E-state index is 12.4. The molecular weight excluding hydrogens is 330 g/mol. The minimum Gasteiger partial charge on any atom is -0.407 e. The fraction of sp³-hybridized carbons (Fsp3) is 0.214. The molecule has 0 spiro atoms. The van der Waals surface area contributed by atoms with Gasteiger partial charge in [0.25, 0.3) is 5.91 Å². The first-order chi connectivity index (χ1) is 11.8. The molecule has 130 valence electrons. The van der Waals surface area contributed by atoms with E-state index in [1.165, 1.54) is 23.2 Å². The predicted molar refractivity (Wildman–Crippen MR) is 88.2 cm³/mol. The van der Waals surface area contributed by atoms with E-state index in [4.69, 9.17) is 10.2 Å². The van der Waals surface area contributed by atoms with Crippen molar-refractivity contribution < 1.29 is 14.0 Å². The van der Waals surface area contributed by atoms with E-state index < -0.39 is 11.7 Å². The molecule has 0 atom stereocenters. The van der Waals surface area contributed by atoms with Gasteiger partial charge >= 0.3 is 11.8 Å². The van der Waals surface area contributed by atoms with Crippen LogP contribution < -0.4 is 16.8 Å². The normalized spacial score (nSPS) is 10.8. The molecule has 0 aliphatic rings. The van der Waals surface area contributed by atoms with Gasteiger partial charge in [-0.15, -0.1) is 5.10 Å². The number of carbonyl (C=O) groups excluding carboxylic acids is 2. The van der Waals surface area contributed by atoms with Gasteiger partial charge in [-0.25, -0.2) is 14.2 Å². The summed E-state index contributed by atoms with van der Waals surface area (Å²) in [6.45, 7) is -0.309. The maximum absolute atomic E-state index is 12.4. The second-order valence-corrected chi connectivity index (χ2v) is 5.41. The van der Waals surface area contributed by atoms with Crippen molar-refractivity contribution in [2.24, 2.45) is 0 Å². The summed E-state index contributed by atoms with van der Waals surface area (Å²) >= 11 is 0. The lowest BCUT2D eigenvalue weighted by Crippen LogP contribution is -2.28. The van der Waals surface area contributed by atoms with E-state index in [2.05, 4.69) is 15.5 Å². The molecule has 25 heavy (non-hydrogen) atoms. The molecule has 2 heterocycles. The van der Waals surface area contributed by atoms with Gasteiger partial charge in [0.05, 0.1) is 11.7 Å². The number of urea groups is 1. The standard InChI is InChI=1S/C14H15N7O4/c1-19(2)13(23)17-11-6-16-20(18-11)7-12(22)21-9-4-3-8(15)5-10(9)25-14(21)24/h3-6H,7,15H2,1-2H3,(H,17,18,23). The Kier molecular flexibility index (Phi) is 3.97. The van der Waals surface area contributed by atoms with Crippen LogP contribution in [0.1, 0.15) is 4.79 Å². The lowest BCUT2D eigenvalue weighted by atomic mass is 10.3. The van der Waals surface area contributed by atoms with Crippen molar-refractivity contribution in [2.75, 3.05) is 25.1 Å². The van der Waals surface area contributed by atoms with E-state index in [1.807, 2.05) is 0 Å². The zero-order valence-corrected chi connectivity index (χ0v) is 13.5. The summed E-state index contributed by atoms with van der Waals surface area (Å²) in [6.07, 6.45) is 1.30. The van der Waals surface area contributed by atoms with Crippen LogP contribution in [0.3, 0.4) is 0 Å². The quantitative estimate of drug-likeness (QED) is 0.646. The molecule has 0 unspecified atom stereocenters. The van der Waals surface area contributed by atoms with Gasteiger partial charge in [0.2, 0.25) is 0 Å². The Hall–Kier alpha value is -3.63. The SMILES string of the molecule is CN(C)C(=O)Nc1cnn(CC(=O)n2c(=O)oc3cc(N)ccc32)n1. The van der Waals surface area contributed by atoms with Crippen LogP contribution in [-0.2, 0) is 6.54 Å². The molecule has 0 radical (unpaired) electrons. The molecule has 3 rings (SSSR count). The van der Waals surface area contributed by atoms with Crippen LogP contribution in [-0.4, -0.2) is 50.5 Å². The van der Waals surface area contributed by atoms with E-state index in [0.29, 0.717) is 11.2 Å². The average molecular weight is 345 g/mol. The number of nitrogens with two attached hydrogens (primary N) is 1. The van der Waals surface area contributed by atoms with E-state index >= 15 is 0 Å². The topological polar surface area (TPSA) is 141 Å². The van der Waals surface area contributed by atoms with Crippen molar-refractivity contribution in [3.8, 4) is 0 Å². The molecule has 0 saturated heterocycles.